The van der Waals surface area contributed by atoms with Gasteiger partial charge in [0.15, 0.2) is 0 Å². The van der Waals surface area contributed by atoms with E-state index in [9.17, 15) is 0 Å². The van der Waals surface area contributed by atoms with Crippen LogP contribution < -0.4 is 4.74 Å². The van der Waals surface area contributed by atoms with Gasteiger partial charge in [-0.25, -0.2) is 0 Å². The highest BCUT2D eigenvalue weighted by atomic mass is 79.9. The summed E-state index contributed by atoms with van der Waals surface area (Å²) in [5.41, 5.74) is 2.71. The number of para-hydroxylation sites is 1. The first-order valence-electron chi connectivity index (χ1n) is 7.07. The maximum absolute atomic E-state index is 5.88. The summed E-state index contributed by atoms with van der Waals surface area (Å²) in [6.07, 6.45) is 0.960. The topological polar surface area (TPSA) is 9.23 Å². The third-order valence-corrected chi connectivity index (χ3v) is 5.88. The Morgan fingerprint density at radius 3 is 2.29 bits per heavy atom. The Morgan fingerprint density at radius 1 is 0.952 bits per heavy atom. The van der Waals surface area contributed by atoms with Crippen LogP contribution in [0.5, 0.6) is 5.75 Å². The van der Waals surface area contributed by atoms with Crippen LogP contribution in [-0.2, 0) is 5.41 Å². The molecule has 2 aromatic carbocycles. The number of aryl methyl sites for hydroxylation is 1. The molecule has 0 heterocycles. The minimum atomic E-state index is 0.0563. The van der Waals surface area contributed by atoms with Crippen LogP contribution in [0.15, 0.2) is 54.6 Å². The highest BCUT2D eigenvalue weighted by molar-refractivity contribution is 9.09. The number of rotatable bonds is 7. The maximum atomic E-state index is 5.88. The van der Waals surface area contributed by atoms with E-state index in [0.717, 1.165) is 22.8 Å². The van der Waals surface area contributed by atoms with Gasteiger partial charge in [-0.15, -0.1) is 0 Å². The quantitative estimate of drug-likeness (QED) is 0.547. The van der Waals surface area contributed by atoms with Crippen molar-refractivity contribution in [1.29, 1.82) is 0 Å². The lowest BCUT2D eigenvalue weighted by Gasteiger charge is -2.31. The van der Waals surface area contributed by atoms with Gasteiger partial charge in [0.05, 0.1) is 6.61 Å². The molecule has 0 aliphatic rings. The summed E-state index contributed by atoms with van der Waals surface area (Å²) in [7, 11) is 0. The molecule has 1 nitrogen and oxygen atoms in total. The van der Waals surface area contributed by atoms with E-state index in [-0.39, 0.29) is 5.41 Å². The molecule has 0 bridgehead atoms. The van der Waals surface area contributed by atoms with E-state index in [1.165, 1.54) is 11.1 Å². The van der Waals surface area contributed by atoms with Gasteiger partial charge in [-0.2, -0.15) is 0 Å². The summed E-state index contributed by atoms with van der Waals surface area (Å²) < 4.78 is 5.88. The molecule has 0 aromatic heterocycles. The van der Waals surface area contributed by atoms with E-state index in [1.54, 1.807) is 0 Å². The first-order chi connectivity index (χ1) is 10.2. The van der Waals surface area contributed by atoms with Crippen molar-refractivity contribution < 1.29 is 4.74 Å². The SMILES string of the molecule is Cc1cccc(C(CBr)(CBr)CCOc2ccccc2)c1. The molecule has 0 saturated heterocycles. The number of ether oxygens (including phenoxy) is 1. The normalized spacial score (nSPS) is 11.4. The van der Waals surface area contributed by atoms with Crippen molar-refractivity contribution in [3.8, 4) is 5.75 Å². The van der Waals surface area contributed by atoms with Crippen molar-refractivity contribution in [3.63, 3.8) is 0 Å². The Labute approximate surface area is 144 Å². The molecule has 0 radical (unpaired) electrons. The van der Waals surface area contributed by atoms with Crippen LogP contribution in [0.25, 0.3) is 0 Å². The smallest absolute Gasteiger partial charge is 0.119 e. The van der Waals surface area contributed by atoms with Crippen LogP contribution in [0.4, 0.5) is 0 Å². The fourth-order valence-electron chi connectivity index (χ4n) is 2.32. The predicted molar refractivity (Wildman–Crippen MR) is 97.0 cm³/mol. The van der Waals surface area contributed by atoms with Crippen molar-refractivity contribution in [1.82, 2.24) is 0 Å². The van der Waals surface area contributed by atoms with Crippen molar-refractivity contribution in [3.05, 3.63) is 65.7 Å². The Morgan fingerprint density at radius 2 is 1.67 bits per heavy atom. The molecule has 0 aliphatic heterocycles. The largest absolute Gasteiger partial charge is 0.494 e. The van der Waals surface area contributed by atoms with Crippen LogP contribution >= 0.6 is 31.9 Å². The lowest BCUT2D eigenvalue weighted by molar-refractivity contribution is 0.277. The van der Waals surface area contributed by atoms with E-state index >= 15 is 0 Å². The molecule has 0 atom stereocenters. The molecular formula is C18H20Br2O. The molecular weight excluding hydrogens is 392 g/mol. The highest BCUT2D eigenvalue weighted by Crippen LogP contribution is 2.33. The molecule has 112 valence electrons. The summed E-state index contributed by atoms with van der Waals surface area (Å²) in [6, 6.07) is 18.7. The van der Waals surface area contributed by atoms with Crippen molar-refractivity contribution in [2.45, 2.75) is 18.8 Å². The number of alkyl halides is 2. The molecule has 2 aromatic rings. The number of benzene rings is 2. The van der Waals surface area contributed by atoms with Crippen LogP contribution in [0.3, 0.4) is 0 Å². The standard InChI is InChI=1S/C18H20Br2O/c1-15-6-5-7-16(12-15)18(13-19,14-20)10-11-21-17-8-3-2-4-9-17/h2-9,12H,10-11,13-14H2,1H3. The minimum absolute atomic E-state index is 0.0563. The summed E-state index contributed by atoms with van der Waals surface area (Å²) >= 11 is 7.39. The van der Waals surface area contributed by atoms with Gasteiger partial charge in [0.1, 0.15) is 5.75 Å². The van der Waals surface area contributed by atoms with E-state index in [2.05, 4.69) is 63.0 Å². The number of halogens is 2. The van der Waals surface area contributed by atoms with Gasteiger partial charge in [-0.3, -0.25) is 0 Å². The van der Waals surface area contributed by atoms with E-state index in [1.807, 2.05) is 30.3 Å². The summed E-state index contributed by atoms with van der Waals surface area (Å²) in [4.78, 5) is 0. The van der Waals surface area contributed by atoms with Crippen LogP contribution in [0.1, 0.15) is 17.5 Å². The summed E-state index contributed by atoms with van der Waals surface area (Å²) in [5.74, 6) is 0.930. The molecule has 0 aliphatic carbocycles. The monoisotopic (exact) mass is 410 g/mol. The fraction of sp³-hybridized carbons (Fsp3) is 0.333. The van der Waals surface area contributed by atoms with Crippen molar-refractivity contribution in [2.24, 2.45) is 0 Å². The van der Waals surface area contributed by atoms with E-state index in [0.29, 0.717) is 6.61 Å². The molecule has 2 rings (SSSR count). The summed E-state index contributed by atoms with van der Waals surface area (Å²) in [5, 5.41) is 1.82. The molecule has 0 unspecified atom stereocenters. The van der Waals surface area contributed by atoms with Crippen LogP contribution in [0, 0.1) is 6.92 Å². The van der Waals surface area contributed by atoms with Gasteiger partial charge in [0.2, 0.25) is 0 Å². The van der Waals surface area contributed by atoms with E-state index in [4.69, 9.17) is 4.74 Å². The van der Waals surface area contributed by atoms with Crippen LogP contribution in [-0.4, -0.2) is 17.3 Å². The van der Waals surface area contributed by atoms with E-state index < -0.39 is 0 Å². The van der Waals surface area contributed by atoms with Crippen molar-refractivity contribution >= 4 is 31.9 Å². The fourth-order valence-corrected chi connectivity index (χ4v) is 4.46. The first-order valence-corrected chi connectivity index (χ1v) is 9.31. The molecule has 0 amide bonds. The van der Waals surface area contributed by atoms with Crippen molar-refractivity contribution in [2.75, 3.05) is 17.3 Å². The second-order valence-corrected chi connectivity index (χ2v) is 6.45. The Bertz CT molecular complexity index is 550. The molecule has 0 fully saturated rings. The van der Waals surface area contributed by atoms with Gasteiger partial charge in [0.25, 0.3) is 0 Å². The van der Waals surface area contributed by atoms with Gasteiger partial charge in [-0.05, 0) is 31.0 Å². The zero-order valence-corrected chi connectivity index (χ0v) is 15.4. The van der Waals surface area contributed by atoms with Gasteiger partial charge < -0.3 is 4.74 Å². The summed E-state index contributed by atoms with van der Waals surface area (Å²) in [6.45, 7) is 2.84. The third-order valence-electron chi connectivity index (χ3n) is 3.73. The molecule has 3 heteroatoms. The first kappa shape index (κ1) is 16.6. The zero-order valence-electron chi connectivity index (χ0n) is 12.2. The number of hydrogen-bond acceptors (Lipinski definition) is 1. The highest BCUT2D eigenvalue weighted by Gasteiger charge is 2.30. The Kier molecular flexibility index (Phi) is 6.31. The van der Waals surface area contributed by atoms with Gasteiger partial charge in [0, 0.05) is 16.1 Å². The van der Waals surface area contributed by atoms with Crippen LogP contribution in [0.2, 0.25) is 0 Å². The predicted octanol–water partition coefficient (Wildman–Crippen LogP) is 5.49. The average molecular weight is 412 g/mol. The molecule has 0 N–H and O–H groups in total. The maximum Gasteiger partial charge on any atom is 0.119 e. The molecule has 21 heavy (non-hydrogen) atoms. The second kappa shape index (κ2) is 8.00. The second-order valence-electron chi connectivity index (χ2n) is 5.33. The van der Waals surface area contributed by atoms with Gasteiger partial charge >= 0.3 is 0 Å². The average Bonchev–Trinajstić information content (AvgIpc) is 2.53. The third kappa shape index (κ3) is 4.33. The zero-order chi connectivity index (χ0) is 15.1. The molecule has 0 saturated carbocycles. The lowest BCUT2D eigenvalue weighted by Crippen LogP contribution is -2.32. The Balaban J connectivity index is 2.08. The Hall–Kier alpha value is -0.800. The lowest BCUT2D eigenvalue weighted by atomic mass is 9.81. The number of hydrogen-bond donors (Lipinski definition) is 0. The minimum Gasteiger partial charge on any atom is -0.494 e. The molecule has 0 spiro atoms. The van der Waals surface area contributed by atoms with Gasteiger partial charge in [-0.1, -0.05) is 79.9 Å².